The molecule has 4 aliphatic rings. The zero-order valence-corrected chi connectivity index (χ0v) is 21.5. The predicted molar refractivity (Wildman–Crippen MR) is 145 cm³/mol. The van der Waals surface area contributed by atoms with Gasteiger partial charge in [-0.15, -0.1) is 0 Å². The minimum Gasteiger partial charge on any atom is -0.456 e. The van der Waals surface area contributed by atoms with Gasteiger partial charge in [-0.3, -0.25) is 24.1 Å². The molecule has 3 aromatic rings. The van der Waals surface area contributed by atoms with Crippen LogP contribution in [0.5, 0.6) is 0 Å². The maximum atomic E-state index is 13.6. The Labute approximate surface area is 227 Å². The highest BCUT2D eigenvalue weighted by Crippen LogP contribution is 2.60. The molecular formula is C32H30N2O5. The van der Waals surface area contributed by atoms with Crippen molar-refractivity contribution in [2.24, 2.45) is 11.8 Å². The van der Waals surface area contributed by atoms with Gasteiger partial charge in [-0.1, -0.05) is 73.2 Å². The fraction of sp³-hybridized carbons (Fsp3) is 0.312. The van der Waals surface area contributed by atoms with Gasteiger partial charge in [0.15, 0.2) is 6.61 Å². The molecule has 1 N–H and O–H groups in total. The number of anilines is 1. The first kappa shape index (κ1) is 25.0. The van der Waals surface area contributed by atoms with E-state index < -0.39 is 5.97 Å². The quantitative estimate of drug-likeness (QED) is 0.252. The van der Waals surface area contributed by atoms with Gasteiger partial charge in [-0.05, 0) is 47.2 Å². The molecule has 3 aromatic carbocycles. The molecule has 7 heteroatoms. The van der Waals surface area contributed by atoms with Crippen molar-refractivity contribution in [2.45, 2.75) is 37.5 Å². The van der Waals surface area contributed by atoms with Crippen LogP contribution in [0.25, 0.3) is 0 Å². The lowest BCUT2D eigenvalue weighted by molar-refractivity contribution is -0.147. The third-order valence-electron chi connectivity index (χ3n) is 8.22. The van der Waals surface area contributed by atoms with Gasteiger partial charge in [0.05, 0.1) is 11.8 Å². The number of amides is 3. The van der Waals surface area contributed by atoms with Crippen LogP contribution in [0.3, 0.4) is 0 Å². The van der Waals surface area contributed by atoms with Crippen LogP contribution in [0.1, 0.15) is 59.8 Å². The van der Waals surface area contributed by atoms with Crippen LogP contribution in [-0.2, 0) is 23.9 Å². The van der Waals surface area contributed by atoms with E-state index >= 15 is 0 Å². The number of esters is 1. The summed E-state index contributed by atoms with van der Waals surface area (Å²) < 4.78 is 5.08. The Kier molecular flexibility index (Phi) is 6.73. The molecule has 0 saturated carbocycles. The average Bonchev–Trinajstić information content (AvgIpc) is 3.22. The summed E-state index contributed by atoms with van der Waals surface area (Å²) in [5.74, 6) is -1.88. The maximum absolute atomic E-state index is 13.6. The molecule has 1 heterocycles. The Hall–Kier alpha value is -4.26. The van der Waals surface area contributed by atoms with Crippen LogP contribution >= 0.6 is 0 Å². The van der Waals surface area contributed by atoms with E-state index in [1.54, 1.807) is 24.3 Å². The van der Waals surface area contributed by atoms with Crippen LogP contribution < -0.4 is 5.32 Å². The van der Waals surface area contributed by atoms with Crippen LogP contribution in [0, 0.1) is 11.8 Å². The maximum Gasteiger partial charge on any atom is 0.306 e. The number of carbonyl (C=O) groups is 4. The van der Waals surface area contributed by atoms with Gasteiger partial charge < -0.3 is 10.1 Å². The van der Waals surface area contributed by atoms with Crippen molar-refractivity contribution in [2.75, 3.05) is 18.5 Å². The molecule has 0 unspecified atom stereocenters. The number of nitrogens with one attached hydrogen (secondary N) is 1. The number of carbonyl (C=O) groups excluding carboxylic acids is 4. The second-order valence-corrected chi connectivity index (χ2v) is 10.5. The summed E-state index contributed by atoms with van der Waals surface area (Å²) in [5, 5.41) is 2.67. The fourth-order valence-corrected chi connectivity index (χ4v) is 6.61. The third-order valence-corrected chi connectivity index (χ3v) is 8.22. The fourth-order valence-electron chi connectivity index (χ4n) is 6.61. The van der Waals surface area contributed by atoms with Crippen LogP contribution in [-0.4, -0.2) is 41.7 Å². The van der Waals surface area contributed by atoms with Crippen LogP contribution in [0.2, 0.25) is 0 Å². The molecule has 39 heavy (non-hydrogen) atoms. The van der Waals surface area contributed by atoms with E-state index in [2.05, 4.69) is 29.6 Å². The predicted octanol–water partition coefficient (Wildman–Crippen LogP) is 4.62. The number of para-hydroxylation sites is 1. The van der Waals surface area contributed by atoms with Gasteiger partial charge in [0.1, 0.15) is 0 Å². The third kappa shape index (κ3) is 4.52. The monoisotopic (exact) mass is 522 g/mol. The minimum absolute atomic E-state index is 0.0761. The first-order chi connectivity index (χ1) is 19.0. The van der Waals surface area contributed by atoms with Gasteiger partial charge in [0, 0.05) is 30.5 Å². The highest BCUT2D eigenvalue weighted by Gasteiger charge is 2.61. The number of unbranched alkanes of at least 4 members (excludes halogenated alkanes) is 2. The summed E-state index contributed by atoms with van der Waals surface area (Å²) in [6.07, 6.45) is 2.03. The van der Waals surface area contributed by atoms with Crippen LogP contribution in [0.4, 0.5) is 5.69 Å². The molecule has 1 saturated heterocycles. The normalized spacial score (nSPS) is 22.2. The van der Waals surface area contributed by atoms with E-state index in [0.717, 1.165) is 0 Å². The molecule has 3 amide bonds. The summed E-state index contributed by atoms with van der Waals surface area (Å²) in [5.41, 5.74) is 5.32. The Morgan fingerprint density at radius 3 is 1.74 bits per heavy atom. The Morgan fingerprint density at radius 1 is 0.692 bits per heavy atom. The Morgan fingerprint density at radius 2 is 1.21 bits per heavy atom. The largest absolute Gasteiger partial charge is 0.456 e. The number of hydrogen-bond donors (Lipinski definition) is 1. The van der Waals surface area contributed by atoms with E-state index in [9.17, 15) is 19.2 Å². The van der Waals surface area contributed by atoms with Gasteiger partial charge in [-0.2, -0.15) is 0 Å². The standard InChI is InChI=1S/C32H30N2O5/c35-25(33-20-11-3-1-4-12-20)19-39-26(36)17-5-2-10-18-34-31(37)29-27-21-13-6-7-14-22(21)28(30(29)32(34)38)24-16-9-8-15-23(24)27/h1,3-4,6-9,11-16,27-30H,2,5,10,17-19H2,(H,33,35)/t27?,28?,29-,30-/m1/s1. The zero-order chi connectivity index (χ0) is 26.9. The highest BCUT2D eigenvalue weighted by molar-refractivity contribution is 6.07. The number of imide groups is 1. The highest BCUT2D eigenvalue weighted by atomic mass is 16.5. The molecule has 2 atom stereocenters. The first-order valence-electron chi connectivity index (χ1n) is 13.6. The van der Waals surface area contributed by atoms with Crippen molar-refractivity contribution in [3.8, 4) is 0 Å². The molecule has 2 bridgehead atoms. The Balaban J connectivity index is 1.01. The molecule has 1 fully saturated rings. The van der Waals surface area contributed by atoms with Crippen molar-refractivity contribution < 1.29 is 23.9 Å². The molecule has 7 nitrogen and oxygen atoms in total. The van der Waals surface area contributed by atoms with E-state index in [-0.39, 0.29) is 54.4 Å². The smallest absolute Gasteiger partial charge is 0.306 e. The summed E-state index contributed by atoms with van der Waals surface area (Å²) in [6, 6.07) is 25.4. The lowest BCUT2D eigenvalue weighted by Crippen LogP contribution is -2.41. The summed E-state index contributed by atoms with van der Waals surface area (Å²) in [4.78, 5) is 52.7. The number of ether oxygens (including phenoxy) is 1. The van der Waals surface area contributed by atoms with Crippen molar-refractivity contribution in [3.63, 3.8) is 0 Å². The number of nitrogens with zero attached hydrogens (tertiary/aromatic N) is 1. The Bertz CT molecular complexity index is 1320. The van der Waals surface area contributed by atoms with E-state index in [1.165, 1.54) is 27.2 Å². The first-order valence-corrected chi connectivity index (χ1v) is 13.6. The summed E-state index contributed by atoms with van der Waals surface area (Å²) >= 11 is 0. The van der Waals surface area contributed by atoms with E-state index in [4.69, 9.17) is 4.74 Å². The van der Waals surface area contributed by atoms with Crippen molar-refractivity contribution in [3.05, 3.63) is 101 Å². The molecular weight excluding hydrogens is 492 g/mol. The second-order valence-electron chi connectivity index (χ2n) is 10.5. The molecule has 198 valence electrons. The van der Waals surface area contributed by atoms with Gasteiger partial charge >= 0.3 is 5.97 Å². The molecule has 0 aromatic heterocycles. The van der Waals surface area contributed by atoms with Crippen molar-refractivity contribution in [1.82, 2.24) is 4.90 Å². The lowest BCUT2D eigenvalue weighted by atomic mass is 9.55. The summed E-state index contributed by atoms with van der Waals surface area (Å²) in [7, 11) is 0. The summed E-state index contributed by atoms with van der Waals surface area (Å²) in [6.45, 7) is 0.0196. The number of rotatable bonds is 9. The van der Waals surface area contributed by atoms with Gasteiger partial charge in [-0.25, -0.2) is 0 Å². The van der Waals surface area contributed by atoms with Crippen molar-refractivity contribution >= 4 is 29.4 Å². The van der Waals surface area contributed by atoms with E-state index in [0.29, 0.717) is 31.5 Å². The topological polar surface area (TPSA) is 92.8 Å². The minimum atomic E-state index is -0.440. The molecule has 1 aliphatic heterocycles. The average molecular weight is 523 g/mol. The van der Waals surface area contributed by atoms with E-state index in [1.807, 2.05) is 30.3 Å². The molecule has 7 rings (SSSR count). The SMILES string of the molecule is O=C(COC(=O)CCCCCN1C(=O)[C@@H]2C3c4ccccc4C(c4ccccc43)[C@H]2C1=O)Nc1ccccc1. The number of benzene rings is 3. The zero-order valence-electron chi connectivity index (χ0n) is 21.5. The molecule has 3 aliphatic carbocycles. The second kappa shape index (κ2) is 10.5. The van der Waals surface area contributed by atoms with Gasteiger partial charge in [0.25, 0.3) is 5.91 Å². The lowest BCUT2D eigenvalue weighted by Gasteiger charge is -2.45. The van der Waals surface area contributed by atoms with Crippen molar-refractivity contribution in [1.29, 1.82) is 0 Å². The number of hydrogen-bond acceptors (Lipinski definition) is 5. The molecule has 0 spiro atoms. The number of likely N-dealkylation sites (tertiary alicyclic amines) is 1. The van der Waals surface area contributed by atoms with Gasteiger partial charge in [0.2, 0.25) is 11.8 Å². The molecule has 0 radical (unpaired) electrons. The van der Waals surface area contributed by atoms with Crippen LogP contribution in [0.15, 0.2) is 78.9 Å².